The first kappa shape index (κ1) is 32.9. The van der Waals surface area contributed by atoms with Gasteiger partial charge in [0, 0.05) is 12.0 Å². The fourth-order valence-electron chi connectivity index (χ4n) is 4.07. The van der Waals surface area contributed by atoms with Crippen LogP contribution in [0, 0.1) is 0 Å². The maximum absolute atomic E-state index is 14.5. The molecular weight excluding hydrogens is 530 g/mol. The van der Waals surface area contributed by atoms with E-state index in [-0.39, 0.29) is 17.9 Å². The minimum atomic E-state index is -1.29. The van der Waals surface area contributed by atoms with Crippen molar-refractivity contribution in [1.29, 1.82) is 0 Å². The van der Waals surface area contributed by atoms with Gasteiger partial charge in [0.2, 0.25) is 11.8 Å². The SMILES string of the molecule is CCC(C)(C)N(C(=O)C(Cc1ccc(O)cc1)NC(=O)OC(C)(C)C)C(C(=O)NCC(=O)OC)c1cccc(O)c1. The molecule has 0 fully saturated rings. The lowest BCUT2D eigenvalue weighted by Crippen LogP contribution is -2.60. The molecule has 41 heavy (non-hydrogen) atoms. The number of rotatable bonds is 11. The van der Waals surface area contributed by atoms with Crippen molar-refractivity contribution < 1.29 is 38.9 Å². The van der Waals surface area contributed by atoms with E-state index in [1.54, 1.807) is 58.9 Å². The summed E-state index contributed by atoms with van der Waals surface area (Å²) < 4.78 is 10.1. The molecule has 11 nitrogen and oxygen atoms in total. The highest BCUT2D eigenvalue weighted by molar-refractivity contribution is 5.94. The number of alkyl carbamates (subject to hydrolysis) is 1. The van der Waals surface area contributed by atoms with Crippen LogP contribution in [0.1, 0.15) is 65.1 Å². The van der Waals surface area contributed by atoms with Crippen LogP contribution < -0.4 is 10.6 Å². The molecule has 0 aliphatic rings. The summed E-state index contributed by atoms with van der Waals surface area (Å²) in [6.45, 7) is 10.0. The largest absolute Gasteiger partial charge is 0.508 e. The van der Waals surface area contributed by atoms with Crippen LogP contribution in [0.5, 0.6) is 11.5 Å². The fourth-order valence-corrected chi connectivity index (χ4v) is 4.07. The van der Waals surface area contributed by atoms with Gasteiger partial charge in [0.05, 0.1) is 7.11 Å². The van der Waals surface area contributed by atoms with Crippen LogP contribution in [-0.4, -0.2) is 69.8 Å². The molecule has 0 spiro atoms. The molecule has 0 aliphatic carbocycles. The van der Waals surface area contributed by atoms with Crippen LogP contribution in [-0.2, 0) is 30.3 Å². The number of nitrogens with zero attached hydrogens (tertiary/aromatic N) is 1. The summed E-state index contributed by atoms with van der Waals surface area (Å²) in [6, 6.07) is 9.62. The van der Waals surface area contributed by atoms with E-state index in [0.717, 1.165) is 0 Å². The van der Waals surface area contributed by atoms with Crippen LogP contribution in [0.3, 0.4) is 0 Å². The third-order valence-corrected chi connectivity index (χ3v) is 6.45. The first-order valence-electron chi connectivity index (χ1n) is 13.3. The Balaban J connectivity index is 2.65. The van der Waals surface area contributed by atoms with Gasteiger partial charge in [0.15, 0.2) is 0 Å². The number of amides is 3. The Morgan fingerprint density at radius 2 is 1.59 bits per heavy atom. The molecule has 0 aliphatic heterocycles. The van der Waals surface area contributed by atoms with Crippen LogP contribution in [0.4, 0.5) is 4.79 Å². The molecule has 0 bridgehead atoms. The monoisotopic (exact) mass is 571 g/mol. The summed E-state index contributed by atoms with van der Waals surface area (Å²) in [5.41, 5.74) is -0.854. The molecule has 3 amide bonds. The van der Waals surface area contributed by atoms with Crippen molar-refractivity contribution in [3.05, 3.63) is 59.7 Å². The number of hydrogen-bond acceptors (Lipinski definition) is 8. The first-order chi connectivity index (χ1) is 19.1. The molecule has 2 aromatic carbocycles. The molecule has 2 aromatic rings. The average molecular weight is 572 g/mol. The number of aromatic hydroxyl groups is 2. The van der Waals surface area contributed by atoms with E-state index in [0.29, 0.717) is 17.5 Å². The first-order valence-corrected chi connectivity index (χ1v) is 13.3. The molecule has 0 saturated heterocycles. The highest BCUT2D eigenvalue weighted by Crippen LogP contribution is 2.33. The van der Waals surface area contributed by atoms with Crippen molar-refractivity contribution in [1.82, 2.24) is 15.5 Å². The lowest BCUT2D eigenvalue weighted by atomic mass is 9.91. The average Bonchev–Trinajstić information content (AvgIpc) is 2.89. The zero-order valence-electron chi connectivity index (χ0n) is 24.7. The molecule has 0 aromatic heterocycles. The van der Waals surface area contributed by atoms with Crippen LogP contribution >= 0.6 is 0 Å². The zero-order chi connectivity index (χ0) is 31.0. The van der Waals surface area contributed by atoms with E-state index in [1.165, 1.54) is 36.3 Å². The normalized spacial score (nSPS) is 13.0. The molecule has 4 N–H and O–H groups in total. The number of esters is 1. The van der Waals surface area contributed by atoms with E-state index in [9.17, 15) is 29.4 Å². The van der Waals surface area contributed by atoms with Gasteiger partial charge in [-0.2, -0.15) is 0 Å². The van der Waals surface area contributed by atoms with Crippen LogP contribution in [0.15, 0.2) is 48.5 Å². The lowest BCUT2D eigenvalue weighted by molar-refractivity contribution is -0.150. The number of hydrogen-bond donors (Lipinski definition) is 4. The maximum Gasteiger partial charge on any atom is 0.408 e. The minimum absolute atomic E-state index is 0.0190. The van der Waals surface area contributed by atoms with Gasteiger partial charge in [-0.05, 0) is 76.4 Å². The van der Waals surface area contributed by atoms with Gasteiger partial charge in [-0.25, -0.2) is 4.79 Å². The second-order valence-electron chi connectivity index (χ2n) is 11.2. The van der Waals surface area contributed by atoms with E-state index in [2.05, 4.69) is 15.4 Å². The Labute approximate surface area is 240 Å². The molecule has 224 valence electrons. The van der Waals surface area contributed by atoms with Gasteiger partial charge in [-0.15, -0.1) is 0 Å². The number of phenols is 2. The Morgan fingerprint density at radius 1 is 0.951 bits per heavy atom. The predicted molar refractivity (Wildman–Crippen MR) is 152 cm³/mol. The number of nitrogens with one attached hydrogen (secondary N) is 2. The third-order valence-electron chi connectivity index (χ3n) is 6.45. The number of benzene rings is 2. The highest BCUT2D eigenvalue weighted by Gasteiger charge is 2.43. The molecule has 0 saturated carbocycles. The van der Waals surface area contributed by atoms with Crippen molar-refractivity contribution in [2.75, 3.05) is 13.7 Å². The minimum Gasteiger partial charge on any atom is -0.508 e. The fraction of sp³-hybridized carbons (Fsp3) is 0.467. The maximum atomic E-state index is 14.5. The summed E-state index contributed by atoms with van der Waals surface area (Å²) in [4.78, 5) is 54.2. The van der Waals surface area contributed by atoms with Gasteiger partial charge >= 0.3 is 12.1 Å². The van der Waals surface area contributed by atoms with E-state index in [4.69, 9.17) is 4.74 Å². The Morgan fingerprint density at radius 3 is 2.12 bits per heavy atom. The van der Waals surface area contributed by atoms with Gasteiger partial charge in [0.1, 0.15) is 35.7 Å². The van der Waals surface area contributed by atoms with Crippen LogP contribution in [0.25, 0.3) is 0 Å². The third kappa shape index (κ3) is 9.70. The van der Waals surface area contributed by atoms with Crippen molar-refractivity contribution in [3.8, 4) is 11.5 Å². The van der Waals surface area contributed by atoms with Crippen LogP contribution in [0.2, 0.25) is 0 Å². The Hall–Kier alpha value is -4.28. The second kappa shape index (κ2) is 13.9. The Kier molecular flexibility index (Phi) is 11.1. The molecule has 11 heteroatoms. The Bertz CT molecular complexity index is 1220. The van der Waals surface area contributed by atoms with Crippen molar-refractivity contribution in [2.24, 2.45) is 0 Å². The molecule has 2 rings (SSSR count). The van der Waals surface area contributed by atoms with Gasteiger partial charge in [-0.1, -0.05) is 31.2 Å². The van der Waals surface area contributed by atoms with E-state index < -0.39 is 53.6 Å². The quantitative estimate of drug-likeness (QED) is 0.299. The number of methoxy groups -OCH3 is 1. The summed E-state index contributed by atoms with van der Waals surface area (Å²) in [7, 11) is 1.19. The topological polar surface area (TPSA) is 154 Å². The smallest absolute Gasteiger partial charge is 0.408 e. The second-order valence-corrected chi connectivity index (χ2v) is 11.2. The van der Waals surface area contributed by atoms with Gasteiger partial charge in [0.25, 0.3) is 0 Å². The zero-order valence-corrected chi connectivity index (χ0v) is 24.7. The molecule has 0 heterocycles. The summed E-state index contributed by atoms with van der Waals surface area (Å²) in [6.07, 6.45) is -0.394. The molecule has 2 unspecified atom stereocenters. The molecular formula is C30H41N3O8. The van der Waals surface area contributed by atoms with E-state index >= 15 is 0 Å². The predicted octanol–water partition coefficient (Wildman–Crippen LogP) is 3.58. The van der Waals surface area contributed by atoms with Crippen molar-refractivity contribution in [2.45, 2.75) is 77.6 Å². The lowest BCUT2D eigenvalue weighted by Gasteiger charge is -2.44. The summed E-state index contributed by atoms with van der Waals surface area (Å²) in [5, 5.41) is 25.1. The van der Waals surface area contributed by atoms with E-state index in [1.807, 2.05) is 6.92 Å². The van der Waals surface area contributed by atoms with Crippen molar-refractivity contribution in [3.63, 3.8) is 0 Å². The summed E-state index contributed by atoms with van der Waals surface area (Å²) >= 11 is 0. The van der Waals surface area contributed by atoms with Gasteiger partial charge < -0.3 is 35.2 Å². The number of ether oxygens (including phenoxy) is 2. The molecule has 2 atom stereocenters. The highest BCUT2D eigenvalue weighted by atomic mass is 16.6. The standard InChI is InChI=1S/C30H41N3O8/c1-8-30(5,6)33(25(20-10-9-11-22(35)17-20)26(37)31-18-24(36)40-7)27(38)23(32-28(39)41-29(2,3)4)16-19-12-14-21(34)15-13-19/h9-15,17,23,25,34-35H,8,16,18H2,1-7H3,(H,31,37)(H,32,39). The number of phenolic OH excluding ortho intramolecular Hbond substituents is 2. The number of carbonyl (C=O) groups is 4. The van der Waals surface area contributed by atoms with Crippen molar-refractivity contribution >= 4 is 23.9 Å². The number of carbonyl (C=O) groups excluding carboxylic acids is 4. The molecule has 0 radical (unpaired) electrons. The van der Waals surface area contributed by atoms with Gasteiger partial charge in [-0.3, -0.25) is 14.4 Å². The summed E-state index contributed by atoms with van der Waals surface area (Å²) in [5.74, 6) is -2.05.